The minimum Gasteiger partial charge on any atom is -0.494 e. The number of fused-ring (bicyclic) bond motifs is 4. The zero-order chi connectivity index (χ0) is 41.2. The van der Waals surface area contributed by atoms with Crippen molar-refractivity contribution in [2.24, 2.45) is 14.1 Å². The lowest BCUT2D eigenvalue weighted by Gasteiger charge is -2.35. The lowest BCUT2D eigenvalue weighted by Crippen LogP contribution is -2.43. The number of carbonyl (C=O) groups is 3. The van der Waals surface area contributed by atoms with Crippen molar-refractivity contribution in [1.82, 2.24) is 23.8 Å². The Hall–Kier alpha value is -5.30. The average molecular weight is 813 g/mol. The predicted molar refractivity (Wildman–Crippen MR) is 227 cm³/mol. The highest BCUT2D eigenvalue weighted by molar-refractivity contribution is 6.35. The first-order valence-electron chi connectivity index (χ1n) is 18.9. The van der Waals surface area contributed by atoms with Crippen LogP contribution in [0.2, 0.25) is 10.0 Å². The summed E-state index contributed by atoms with van der Waals surface area (Å²) in [5, 5.41) is 20.4. The number of amides is 2. The van der Waals surface area contributed by atoms with Crippen LogP contribution in [0.1, 0.15) is 68.3 Å². The Morgan fingerprint density at radius 2 is 1.70 bits per heavy atom. The number of benzene rings is 3. The minimum absolute atomic E-state index is 0.0670. The molecule has 7 rings (SSSR count). The lowest BCUT2D eigenvalue weighted by molar-refractivity contribution is -0.116. The molecule has 3 aromatic carbocycles. The fourth-order valence-corrected chi connectivity index (χ4v) is 8.75. The number of aromatic nitrogens is 4. The maximum Gasteiger partial charge on any atom is 0.337 e. The van der Waals surface area contributed by atoms with E-state index in [4.69, 9.17) is 33.0 Å². The molecule has 6 aromatic rings. The standard InChI is InChI=1S/C43H47Cl2N7O5/c1-22-15-28(16-23(2)38(22)45)57-14-10-11-29-30-12-13-33(44)37(36-25(4)47-50(9)26(36)5)40(30)52-24(3)19-51(42(54)41(29)52)34-18-27(46-35(53)21-48(6)7)17-31-32(43(55)56)20-49(8)39(31)34/h12-13,15-18,20,24H,10-11,14,19,21H2,1-9H3,(H,46,53)(H,55,56). The molecule has 0 radical (unpaired) electrons. The molecule has 0 saturated heterocycles. The third-order valence-electron chi connectivity index (χ3n) is 10.9. The van der Waals surface area contributed by atoms with Crippen LogP contribution in [0.4, 0.5) is 11.4 Å². The maximum absolute atomic E-state index is 15.4. The van der Waals surface area contributed by atoms with Crippen molar-refractivity contribution in [1.29, 1.82) is 0 Å². The van der Waals surface area contributed by atoms with Crippen LogP contribution in [-0.2, 0) is 25.3 Å². The normalized spacial score (nSPS) is 14.3. The Balaban J connectivity index is 1.40. The number of carbonyl (C=O) groups excluding carboxylic acids is 2. The van der Waals surface area contributed by atoms with Crippen LogP contribution in [-0.4, -0.2) is 80.5 Å². The van der Waals surface area contributed by atoms with E-state index in [9.17, 15) is 14.7 Å². The molecule has 2 N–H and O–H groups in total. The van der Waals surface area contributed by atoms with Gasteiger partial charge in [-0.1, -0.05) is 29.3 Å². The van der Waals surface area contributed by atoms with E-state index in [1.54, 1.807) is 53.8 Å². The SMILES string of the molecule is Cc1cc(OCCCc2c3n(c4c(-c5c(C)nn(C)c5C)c(Cl)ccc24)C(C)CN(c2cc(NC(=O)CN(C)C)cc4c(C(=O)O)cn(C)c24)C3=O)cc(C)c1Cl. The molecule has 2 amide bonds. The summed E-state index contributed by atoms with van der Waals surface area (Å²) >= 11 is 13.5. The molecule has 0 aliphatic carbocycles. The molecule has 298 valence electrons. The largest absolute Gasteiger partial charge is 0.494 e. The van der Waals surface area contributed by atoms with Crippen molar-refractivity contribution >= 4 is 74.2 Å². The molecule has 0 saturated carbocycles. The Labute approximate surface area is 341 Å². The van der Waals surface area contributed by atoms with Gasteiger partial charge in [0.25, 0.3) is 5.91 Å². The third-order valence-corrected chi connectivity index (χ3v) is 11.8. The molecule has 14 heteroatoms. The van der Waals surface area contributed by atoms with Gasteiger partial charge >= 0.3 is 5.97 Å². The van der Waals surface area contributed by atoms with Crippen LogP contribution < -0.4 is 15.0 Å². The second-order valence-corrected chi connectivity index (χ2v) is 16.2. The minimum atomic E-state index is -1.11. The van der Waals surface area contributed by atoms with E-state index in [0.717, 1.165) is 55.9 Å². The van der Waals surface area contributed by atoms with E-state index in [2.05, 4.69) is 16.8 Å². The summed E-state index contributed by atoms with van der Waals surface area (Å²) in [5.41, 5.74) is 9.17. The third kappa shape index (κ3) is 7.04. The predicted octanol–water partition coefficient (Wildman–Crippen LogP) is 8.51. The molecular formula is C43H47Cl2N7O5. The van der Waals surface area contributed by atoms with Crippen molar-refractivity contribution in [2.45, 2.75) is 53.5 Å². The maximum atomic E-state index is 15.4. The first-order chi connectivity index (χ1) is 27.0. The molecule has 4 heterocycles. The Bertz CT molecular complexity index is 2610. The van der Waals surface area contributed by atoms with Gasteiger partial charge in [0.15, 0.2) is 0 Å². The number of nitrogens with one attached hydrogen (secondary N) is 1. The Morgan fingerprint density at radius 3 is 2.33 bits per heavy atom. The topological polar surface area (TPSA) is 127 Å². The quantitative estimate of drug-likeness (QED) is 0.126. The van der Waals surface area contributed by atoms with E-state index >= 15 is 4.79 Å². The summed E-state index contributed by atoms with van der Waals surface area (Å²) in [7, 11) is 7.25. The van der Waals surface area contributed by atoms with Gasteiger partial charge in [-0.3, -0.25) is 14.3 Å². The second-order valence-electron chi connectivity index (χ2n) is 15.4. The van der Waals surface area contributed by atoms with Gasteiger partial charge in [0.1, 0.15) is 11.4 Å². The van der Waals surface area contributed by atoms with Crippen molar-refractivity contribution in [3.8, 4) is 16.9 Å². The van der Waals surface area contributed by atoms with Gasteiger partial charge in [-0.15, -0.1) is 0 Å². The summed E-state index contributed by atoms with van der Waals surface area (Å²) in [4.78, 5) is 44.3. The molecule has 57 heavy (non-hydrogen) atoms. The number of nitrogens with zero attached hydrogens (tertiary/aromatic N) is 6. The van der Waals surface area contributed by atoms with Gasteiger partial charge in [-0.25, -0.2) is 4.79 Å². The number of likely N-dealkylation sites (N-methyl/N-ethyl adjacent to an activating group) is 1. The summed E-state index contributed by atoms with van der Waals surface area (Å²) in [6.07, 6.45) is 2.67. The number of aryl methyl sites for hydroxylation is 6. The molecule has 0 fully saturated rings. The number of carboxylic acid groups (broad SMARTS) is 1. The monoisotopic (exact) mass is 811 g/mol. The number of hydrogen-bond acceptors (Lipinski definition) is 6. The Morgan fingerprint density at radius 1 is 1.00 bits per heavy atom. The number of rotatable bonds is 11. The van der Waals surface area contributed by atoms with Crippen LogP contribution in [0, 0.1) is 27.7 Å². The number of anilines is 2. The number of ether oxygens (including phenoxy) is 1. The molecule has 1 aliphatic heterocycles. The van der Waals surface area contributed by atoms with Crippen molar-refractivity contribution in [3.05, 3.63) is 92.0 Å². The van der Waals surface area contributed by atoms with E-state index in [1.807, 2.05) is 63.7 Å². The summed E-state index contributed by atoms with van der Waals surface area (Å²) < 4.78 is 11.9. The fraction of sp³-hybridized carbons (Fsp3) is 0.349. The van der Waals surface area contributed by atoms with Gasteiger partial charge in [0, 0.05) is 71.2 Å². The lowest BCUT2D eigenvalue weighted by atomic mass is 9.98. The van der Waals surface area contributed by atoms with Gasteiger partial charge in [-0.2, -0.15) is 5.10 Å². The summed E-state index contributed by atoms with van der Waals surface area (Å²) in [6.45, 7) is 10.7. The first kappa shape index (κ1) is 39.9. The second kappa shape index (κ2) is 15.2. The number of aromatic carboxylic acids is 1. The fourth-order valence-electron chi connectivity index (χ4n) is 8.40. The molecule has 0 spiro atoms. The number of halogens is 2. The molecular weight excluding hydrogens is 765 g/mol. The molecule has 1 atom stereocenters. The molecule has 0 bridgehead atoms. The van der Waals surface area contributed by atoms with E-state index in [1.165, 1.54) is 0 Å². The summed E-state index contributed by atoms with van der Waals surface area (Å²) in [6, 6.07) is 10.9. The molecule has 1 aliphatic rings. The van der Waals surface area contributed by atoms with Gasteiger partial charge in [-0.05, 0) is 109 Å². The van der Waals surface area contributed by atoms with Crippen LogP contribution in [0.5, 0.6) is 5.75 Å². The van der Waals surface area contributed by atoms with Gasteiger partial charge in [0.05, 0.1) is 46.2 Å². The van der Waals surface area contributed by atoms with Crippen LogP contribution in [0.15, 0.2) is 42.6 Å². The van der Waals surface area contributed by atoms with Crippen LogP contribution in [0.3, 0.4) is 0 Å². The zero-order valence-corrected chi connectivity index (χ0v) is 35.2. The number of carboxylic acids is 1. The zero-order valence-electron chi connectivity index (χ0n) is 33.7. The first-order valence-corrected chi connectivity index (χ1v) is 19.6. The van der Waals surface area contributed by atoms with Crippen molar-refractivity contribution in [2.75, 3.05) is 44.0 Å². The smallest absolute Gasteiger partial charge is 0.337 e. The highest BCUT2D eigenvalue weighted by atomic mass is 35.5. The van der Waals surface area contributed by atoms with E-state index < -0.39 is 5.97 Å². The molecule has 1 unspecified atom stereocenters. The van der Waals surface area contributed by atoms with Gasteiger partial charge < -0.3 is 34.1 Å². The molecule has 3 aromatic heterocycles. The van der Waals surface area contributed by atoms with E-state index in [-0.39, 0.29) is 36.5 Å². The molecule has 12 nitrogen and oxygen atoms in total. The van der Waals surface area contributed by atoms with Gasteiger partial charge in [0.2, 0.25) is 5.91 Å². The van der Waals surface area contributed by atoms with Crippen molar-refractivity contribution < 1.29 is 24.2 Å². The van der Waals surface area contributed by atoms with Crippen LogP contribution >= 0.6 is 23.2 Å². The summed E-state index contributed by atoms with van der Waals surface area (Å²) in [5.74, 6) is -0.895. The van der Waals surface area contributed by atoms with E-state index in [0.29, 0.717) is 57.5 Å². The average Bonchev–Trinajstić information content (AvgIpc) is 3.74. The Kier molecular flexibility index (Phi) is 10.7. The highest BCUT2D eigenvalue weighted by Crippen LogP contribution is 2.46. The highest BCUT2D eigenvalue weighted by Gasteiger charge is 2.38. The number of hydrogen-bond donors (Lipinski definition) is 2. The van der Waals surface area contributed by atoms with Crippen LogP contribution in [0.25, 0.3) is 32.9 Å². The van der Waals surface area contributed by atoms with Crippen molar-refractivity contribution in [3.63, 3.8) is 0 Å².